The van der Waals surface area contributed by atoms with E-state index in [2.05, 4.69) is 51.5 Å². The summed E-state index contributed by atoms with van der Waals surface area (Å²) in [5, 5.41) is 4.90. The largest absolute Gasteiger partial charge is 0.310 e. The first-order valence-electron chi connectivity index (χ1n) is 11.9. The Labute approximate surface area is 203 Å². The molecule has 3 heterocycles. The number of benzene rings is 1. The molecule has 0 atom stereocenters. The zero-order valence-electron chi connectivity index (χ0n) is 19.3. The van der Waals surface area contributed by atoms with Crippen LogP contribution in [-0.4, -0.2) is 31.9 Å². The van der Waals surface area contributed by atoms with Crippen LogP contribution in [0.4, 0.5) is 0 Å². The molecule has 0 radical (unpaired) electrons. The molecule has 6 nitrogen and oxygen atoms in total. The Morgan fingerprint density at radius 3 is 2.71 bits per heavy atom. The quantitative estimate of drug-likeness (QED) is 0.407. The third-order valence-electron chi connectivity index (χ3n) is 6.64. The highest BCUT2D eigenvalue weighted by atomic mass is 32.2. The molecule has 2 fully saturated rings. The molecule has 2 aromatic heterocycles. The number of fused-ring (bicyclic) bond motifs is 1. The van der Waals surface area contributed by atoms with Crippen LogP contribution in [0.25, 0.3) is 17.0 Å². The number of aromatic nitrogens is 3. The molecule has 1 aliphatic heterocycles. The zero-order valence-corrected chi connectivity index (χ0v) is 20.1. The maximum atomic E-state index is 11.9. The maximum Gasteiger partial charge on any atom is 0.201 e. The van der Waals surface area contributed by atoms with Gasteiger partial charge in [0.1, 0.15) is 5.82 Å². The van der Waals surface area contributed by atoms with Gasteiger partial charge >= 0.3 is 0 Å². The lowest BCUT2D eigenvalue weighted by Crippen LogP contribution is -2.33. The van der Waals surface area contributed by atoms with Crippen LogP contribution in [0.2, 0.25) is 0 Å². The summed E-state index contributed by atoms with van der Waals surface area (Å²) in [6, 6.07) is 12.8. The lowest BCUT2D eigenvalue weighted by molar-refractivity contribution is -0.119. The first-order valence-corrected chi connectivity index (χ1v) is 12.7. The Hall–Kier alpha value is -2.90. The van der Waals surface area contributed by atoms with Crippen molar-refractivity contribution < 1.29 is 9.59 Å². The topological polar surface area (TPSA) is 84.8 Å². The minimum absolute atomic E-state index is 0.0112. The number of aryl methyl sites for hydroxylation is 1. The molecule has 1 saturated heterocycles. The molecule has 174 valence electrons. The van der Waals surface area contributed by atoms with Gasteiger partial charge in [0, 0.05) is 36.3 Å². The van der Waals surface area contributed by atoms with Crippen molar-refractivity contribution >= 4 is 39.6 Å². The number of hydrogen-bond acceptors (Lipinski definition) is 7. The van der Waals surface area contributed by atoms with Gasteiger partial charge in [-0.1, -0.05) is 18.2 Å². The lowest BCUT2D eigenvalue weighted by Gasteiger charge is -2.29. The molecule has 5 rings (SSSR count). The second-order valence-corrected chi connectivity index (χ2v) is 10.3. The van der Waals surface area contributed by atoms with E-state index >= 15 is 0 Å². The standard InChI is InChI=1S/C27H28N4O2S/c1-17-12-19(22-4-2-3-5-23(22)30-17)16-29-20-8-6-18(7-9-20)13-26-28-11-10-21(31-26)14-25-24(32)15-27(33)34-25/h2-5,10-12,14,18,20,29H,6-9,13,15-16H2,1H3/b25-14-. The van der Waals surface area contributed by atoms with Gasteiger partial charge < -0.3 is 5.32 Å². The SMILES string of the molecule is Cc1cc(CNC2CCC(Cc3nccc(/C=C4\SC(=O)CC4=O)n3)CC2)c2ccccc2n1. The predicted octanol–water partition coefficient (Wildman–Crippen LogP) is 4.80. The molecule has 2 aliphatic rings. The van der Waals surface area contributed by atoms with E-state index in [0.717, 1.165) is 67.4 Å². The number of hydrogen-bond donors (Lipinski definition) is 1. The lowest BCUT2D eigenvalue weighted by atomic mass is 9.84. The molecule has 0 unspecified atom stereocenters. The van der Waals surface area contributed by atoms with E-state index in [4.69, 9.17) is 0 Å². The third kappa shape index (κ3) is 5.42. The van der Waals surface area contributed by atoms with Crippen LogP contribution < -0.4 is 5.32 Å². The van der Waals surface area contributed by atoms with Crippen molar-refractivity contribution in [2.24, 2.45) is 5.92 Å². The van der Waals surface area contributed by atoms with E-state index in [-0.39, 0.29) is 17.3 Å². The van der Waals surface area contributed by atoms with Gasteiger partial charge in [-0.2, -0.15) is 0 Å². The molecule has 1 aliphatic carbocycles. The van der Waals surface area contributed by atoms with Gasteiger partial charge in [0.2, 0.25) is 5.12 Å². The summed E-state index contributed by atoms with van der Waals surface area (Å²) in [5.74, 6) is 1.26. The number of para-hydroxylation sites is 1. The third-order valence-corrected chi connectivity index (χ3v) is 7.58. The predicted molar refractivity (Wildman–Crippen MR) is 135 cm³/mol. The summed E-state index contributed by atoms with van der Waals surface area (Å²) in [5.41, 5.74) is 4.12. The van der Waals surface area contributed by atoms with Crippen molar-refractivity contribution in [1.82, 2.24) is 20.3 Å². The molecule has 34 heavy (non-hydrogen) atoms. The van der Waals surface area contributed by atoms with E-state index in [1.54, 1.807) is 18.3 Å². The van der Waals surface area contributed by atoms with Gasteiger partial charge in [0.25, 0.3) is 0 Å². The number of ketones is 1. The summed E-state index contributed by atoms with van der Waals surface area (Å²) < 4.78 is 0. The number of nitrogens with one attached hydrogen (secondary N) is 1. The van der Waals surface area contributed by atoms with Crippen LogP contribution in [0.5, 0.6) is 0 Å². The zero-order chi connectivity index (χ0) is 23.5. The van der Waals surface area contributed by atoms with Crippen LogP contribution in [0, 0.1) is 12.8 Å². The average molecular weight is 473 g/mol. The fraction of sp³-hybridized carbons (Fsp3) is 0.370. The minimum Gasteiger partial charge on any atom is -0.310 e. The van der Waals surface area contributed by atoms with E-state index < -0.39 is 0 Å². The van der Waals surface area contributed by atoms with Crippen LogP contribution in [0.15, 0.2) is 47.5 Å². The number of Topliss-reactive ketones (excluding diaryl/α,β-unsaturated/α-hetero) is 1. The monoisotopic (exact) mass is 472 g/mol. The van der Waals surface area contributed by atoms with E-state index in [9.17, 15) is 9.59 Å². The van der Waals surface area contributed by atoms with E-state index in [0.29, 0.717) is 22.6 Å². The number of allylic oxidation sites excluding steroid dienone is 1. The smallest absolute Gasteiger partial charge is 0.201 e. The highest BCUT2D eigenvalue weighted by Gasteiger charge is 2.26. The van der Waals surface area contributed by atoms with Crippen LogP contribution in [0.1, 0.15) is 54.9 Å². The molecule has 1 N–H and O–H groups in total. The molecule has 3 aromatic rings. The van der Waals surface area contributed by atoms with Gasteiger partial charge in [-0.15, -0.1) is 0 Å². The number of carbonyl (C=O) groups is 2. The van der Waals surface area contributed by atoms with Crippen molar-refractivity contribution in [2.45, 2.75) is 58.0 Å². The number of carbonyl (C=O) groups excluding carboxylic acids is 2. The minimum atomic E-state index is -0.115. The Morgan fingerprint density at radius 2 is 1.91 bits per heavy atom. The van der Waals surface area contributed by atoms with Gasteiger partial charge in [-0.3, -0.25) is 14.6 Å². The van der Waals surface area contributed by atoms with Crippen molar-refractivity contribution in [3.63, 3.8) is 0 Å². The van der Waals surface area contributed by atoms with Gasteiger partial charge in [-0.25, -0.2) is 9.97 Å². The average Bonchev–Trinajstić information content (AvgIpc) is 3.14. The Morgan fingerprint density at radius 1 is 1.09 bits per heavy atom. The molecule has 7 heteroatoms. The van der Waals surface area contributed by atoms with Crippen molar-refractivity contribution in [3.8, 4) is 0 Å². The first kappa shape index (κ1) is 22.9. The van der Waals surface area contributed by atoms with Crippen LogP contribution >= 0.6 is 11.8 Å². The number of nitrogens with zero attached hydrogens (tertiary/aromatic N) is 3. The highest BCUT2D eigenvalue weighted by Crippen LogP contribution is 2.31. The first-order chi connectivity index (χ1) is 16.5. The van der Waals surface area contributed by atoms with Crippen LogP contribution in [0.3, 0.4) is 0 Å². The second kappa shape index (κ2) is 10.2. The number of pyridine rings is 1. The molecule has 1 aromatic carbocycles. The van der Waals surface area contributed by atoms with Gasteiger partial charge in [0.05, 0.1) is 22.5 Å². The molecular formula is C27H28N4O2S. The normalized spacial score (nSPS) is 22.1. The highest BCUT2D eigenvalue weighted by molar-refractivity contribution is 8.18. The van der Waals surface area contributed by atoms with Crippen LogP contribution in [-0.2, 0) is 22.6 Å². The fourth-order valence-corrected chi connectivity index (χ4v) is 5.71. The van der Waals surface area contributed by atoms with Crippen molar-refractivity contribution in [2.75, 3.05) is 0 Å². The molecule has 0 bridgehead atoms. The number of thioether (sulfide) groups is 1. The Balaban J connectivity index is 1.15. The maximum absolute atomic E-state index is 11.9. The summed E-state index contributed by atoms with van der Waals surface area (Å²) >= 11 is 1.02. The Kier molecular flexibility index (Phi) is 6.83. The molecule has 0 amide bonds. The molecule has 0 spiro atoms. The van der Waals surface area contributed by atoms with Gasteiger partial charge in [-0.05, 0) is 80.1 Å². The Bertz CT molecular complexity index is 1260. The summed E-state index contributed by atoms with van der Waals surface area (Å²) in [6.45, 7) is 2.91. The van der Waals surface area contributed by atoms with Crippen molar-refractivity contribution in [1.29, 1.82) is 0 Å². The molecular weight excluding hydrogens is 444 g/mol. The van der Waals surface area contributed by atoms with E-state index in [1.807, 2.05) is 6.07 Å². The summed E-state index contributed by atoms with van der Waals surface area (Å²) in [6.07, 6.45) is 8.87. The second-order valence-electron chi connectivity index (χ2n) is 9.22. The van der Waals surface area contributed by atoms with Crippen molar-refractivity contribution in [3.05, 3.63) is 70.3 Å². The summed E-state index contributed by atoms with van der Waals surface area (Å²) in [7, 11) is 0. The van der Waals surface area contributed by atoms with Gasteiger partial charge in [0.15, 0.2) is 5.78 Å². The fourth-order valence-electron chi connectivity index (χ4n) is 4.90. The molecule has 1 saturated carbocycles. The van der Waals surface area contributed by atoms with E-state index in [1.165, 1.54) is 10.9 Å². The summed E-state index contributed by atoms with van der Waals surface area (Å²) in [4.78, 5) is 37.6. The number of rotatable bonds is 6.